The van der Waals surface area contributed by atoms with Gasteiger partial charge in [-0.3, -0.25) is 18.6 Å². The molecule has 312 valence electrons. The lowest BCUT2D eigenvalue weighted by atomic mass is 10.1. The number of allylic oxidation sites excluding steroid dienone is 4. The molecule has 1 unspecified atom stereocenters. The van der Waals surface area contributed by atoms with E-state index in [0.29, 0.717) is 6.42 Å². The van der Waals surface area contributed by atoms with Crippen LogP contribution in [0, 0.1) is 0 Å². The van der Waals surface area contributed by atoms with Gasteiger partial charge in [-0.05, 0) is 64.2 Å². The third kappa shape index (κ3) is 40.0. The van der Waals surface area contributed by atoms with Gasteiger partial charge in [-0.1, -0.05) is 154 Å². The summed E-state index contributed by atoms with van der Waals surface area (Å²) < 4.78 is 32.8. The minimum absolute atomic E-state index is 0.0526. The molecule has 0 aromatic heterocycles. The van der Waals surface area contributed by atoms with Crippen LogP contribution in [0.4, 0.5) is 0 Å². The van der Waals surface area contributed by atoms with Gasteiger partial charge in [0.05, 0.1) is 13.2 Å². The van der Waals surface area contributed by atoms with Crippen LogP contribution in [-0.2, 0) is 32.7 Å². The second-order valence-electron chi connectivity index (χ2n) is 14.6. The lowest BCUT2D eigenvalue weighted by molar-refractivity contribution is -0.161. The molecule has 0 heterocycles. The van der Waals surface area contributed by atoms with Crippen LogP contribution in [-0.4, -0.2) is 49.3 Å². The van der Waals surface area contributed by atoms with Gasteiger partial charge < -0.3 is 20.1 Å². The highest BCUT2D eigenvalue weighted by Crippen LogP contribution is 2.43. The number of esters is 2. The van der Waals surface area contributed by atoms with Crippen LogP contribution in [0.5, 0.6) is 0 Å². The van der Waals surface area contributed by atoms with Crippen molar-refractivity contribution in [3.05, 3.63) is 24.3 Å². The third-order valence-corrected chi connectivity index (χ3v) is 10.3. The summed E-state index contributed by atoms with van der Waals surface area (Å²) in [5, 5.41) is 0. The fraction of sp³-hybridized carbons (Fsp3) is 0.860. The Hall–Kier alpha value is -1.51. The van der Waals surface area contributed by atoms with Crippen LogP contribution < -0.4 is 5.73 Å². The highest BCUT2D eigenvalue weighted by Gasteiger charge is 2.26. The number of ether oxygens (including phenoxy) is 2. The van der Waals surface area contributed by atoms with E-state index < -0.39 is 26.5 Å². The Morgan fingerprint density at radius 3 is 1.34 bits per heavy atom. The number of phosphoric ester groups is 1. The summed E-state index contributed by atoms with van der Waals surface area (Å²) in [7, 11) is -4.38. The number of nitrogens with two attached hydrogens (primary N) is 1. The molecule has 0 saturated heterocycles. The zero-order chi connectivity index (χ0) is 38.9. The fourth-order valence-corrected chi connectivity index (χ4v) is 6.80. The quantitative estimate of drug-likeness (QED) is 0.0269. The summed E-state index contributed by atoms with van der Waals surface area (Å²) in [6.07, 6.45) is 42.0. The number of carbonyl (C=O) groups excluding carboxylic acids is 2. The lowest BCUT2D eigenvalue weighted by Gasteiger charge is -2.19. The molecule has 0 aromatic rings. The Bertz CT molecular complexity index is 928. The molecule has 0 fully saturated rings. The minimum Gasteiger partial charge on any atom is -0.462 e. The van der Waals surface area contributed by atoms with Crippen molar-refractivity contribution in [2.24, 2.45) is 5.73 Å². The van der Waals surface area contributed by atoms with Crippen LogP contribution in [0.1, 0.15) is 206 Å². The van der Waals surface area contributed by atoms with Crippen LogP contribution in [0.15, 0.2) is 24.3 Å². The van der Waals surface area contributed by atoms with Gasteiger partial charge in [-0.15, -0.1) is 0 Å². The smallest absolute Gasteiger partial charge is 0.462 e. The molecule has 0 aliphatic rings. The lowest BCUT2D eigenvalue weighted by Crippen LogP contribution is -2.29. The Morgan fingerprint density at radius 1 is 0.547 bits per heavy atom. The molecule has 0 bridgehead atoms. The predicted molar refractivity (Wildman–Crippen MR) is 220 cm³/mol. The second-order valence-corrected chi connectivity index (χ2v) is 16.0. The maximum absolute atomic E-state index is 12.6. The van der Waals surface area contributed by atoms with Gasteiger partial charge >= 0.3 is 19.8 Å². The summed E-state index contributed by atoms with van der Waals surface area (Å²) in [4.78, 5) is 34.8. The van der Waals surface area contributed by atoms with Gasteiger partial charge in [0.25, 0.3) is 0 Å². The van der Waals surface area contributed by atoms with Gasteiger partial charge in [0.15, 0.2) is 6.10 Å². The third-order valence-electron chi connectivity index (χ3n) is 9.31. The molecule has 9 nitrogen and oxygen atoms in total. The Kier molecular flexibility index (Phi) is 39.0. The highest BCUT2D eigenvalue weighted by atomic mass is 31.2. The summed E-state index contributed by atoms with van der Waals surface area (Å²) in [5.41, 5.74) is 5.34. The van der Waals surface area contributed by atoms with Gasteiger partial charge in [0, 0.05) is 19.4 Å². The first-order chi connectivity index (χ1) is 25.8. The number of unbranched alkanes of at least 4 members (excludes halogenated alkanes) is 24. The van der Waals surface area contributed by atoms with E-state index in [0.717, 1.165) is 64.2 Å². The first kappa shape index (κ1) is 51.5. The largest absolute Gasteiger partial charge is 0.472 e. The number of carbonyl (C=O) groups is 2. The molecule has 0 spiro atoms. The molecular weight excluding hydrogens is 689 g/mol. The molecule has 0 amide bonds. The van der Waals surface area contributed by atoms with Crippen molar-refractivity contribution >= 4 is 19.8 Å². The minimum atomic E-state index is -4.38. The molecule has 53 heavy (non-hydrogen) atoms. The van der Waals surface area contributed by atoms with Crippen molar-refractivity contribution in [1.82, 2.24) is 0 Å². The number of hydrogen-bond donors (Lipinski definition) is 2. The monoisotopic (exact) mass is 772 g/mol. The Labute approximate surface area is 325 Å². The Morgan fingerprint density at radius 2 is 0.925 bits per heavy atom. The van der Waals surface area contributed by atoms with E-state index in [1.807, 2.05) is 0 Å². The molecule has 3 N–H and O–H groups in total. The van der Waals surface area contributed by atoms with E-state index in [4.69, 9.17) is 24.3 Å². The van der Waals surface area contributed by atoms with Crippen LogP contribution >= 0.6 is 7.82 Å². The number of hydrogen-bond acceptors (Lipinski definition) is 8. The van der Waals surface area contributed by atoms with Crippen LogP contribution in [0.2, 0.25) is 0 Å². The Balaban J connectivity index is 4.16. The number of rotatable bonds is 41. The molecule has 0 aliphatic carbocycles. The van der Waals surface area contributed by atoms with E-state index in [-0.39, 0.29) is 38.6 Å². The highest BCUT2D eigenvalue weighted by molar-refractivity contribution is 7.47. The first-order valence-corrected chi connectivity index (χ1v) is 23.3. The maximum Gasteiger partial charge on any atom is 0.472 e. The molecule has 2 atom stereocenters. The standard InChI is InChI=1S/C43H82NO8P/c1-3-5-7-9-11-13-15-17-19-20-22-24-26-28-30-32-34-36-43(46)52-41(40-51-53(47,48)50-38-37-44)39-49-42(45)35-33-31-29-27-25-23-21-18-16-14-12-10-8-6-4-2/h17-19,21,41H,3-16,20,22-40,44H2,1-2H3,(H,47,48)/t41-/m1/s1. The summed E-state index contributed by atoms with van der Waals surface area (Å²) in [5.74, 6) is -0.838. The van der Waals surface area contributed by atoms with E-state index in [2.05, 4.69) is 38.2 Å². The molecule has 0 aromatic carbocycles. The predicted octanol–water partition coefficient (Wildman–Crippen LogP) is 12.4. The van der Waals surface area contributed by atoms with E-state index in [9.17, 15) is 19.0 Å². The molecular formula is C43H82NO8P. The molecule has 0 saturated carbocycles. The van der Waals surface area contributed by atoms with Crippen molar-refractivity contribution in [3.8, 4) is 0 Å². The average Bonchev–Trinajstić information content (AvgIpc) is 3.14. The summed E-state index contributed by atoms with van der Waals surface area (Å²) in [6, 6.07) is 0. The molecule has 0 radical (unpaired) electrons. The van der Waals surface area contributed by atoms with E-state index >= 15 is 0 Å². The molecule has 0 rings (SSSR count). The van der Waals surface area contributed by atoms with Gasteiger partial charge in [-0.2, -0.15) is 0 Å². The zero-order valence-corrected chi connectivity index (χ0v) is 35.2. The second kappa shape index (κ2) is 40.2. The van der Waals surface area contributed by atoms with E-state index in [1.165, 1.54) is 109 Å². The van der Waals surface area contributed by atoms with Gasteiger partial charge in [0.2, 0.25) is 0 Å². The van der Waals surface area contributed by atoms with E-state index in [1.54, 1.807) is 0 Å². The maximum atomic E-state index is 12.6. The van der Waals surface area contributed by atoms with Crippen molar-refractivity contribution in [3.63, 3.8) is 0 Å². The normalized spacial score (nSPS) is 13.5. The topological polar surface area (TPSA) is 134 Å². The summed E-state index contributed by atoms with van der Waals surface area (Å²) >= 11 is 0. The van der Waals surface area contributed by atoms with Gasteiger partial charge in [-0.25, -0.2) is 4.57 Å². The van der Waals surface area contributed by atoms with Crippen LogP contribution in [0.3, 0.4) is 0 Å². The van der Waals surface area contributed by atoms with Crippen molar-refractivity contribution in [2.45, 2.75) is 213 Å². The molecule has 0 aliphatic heterocycles. The fourth-order valence-electron chi connectivity index (χ4n) is 6.04. The van der Waals surface area contributed by atoms with Gasteiger partial charge in [0.1, 0.15) is 6.61 Å². The zero-order valence-electron chi connectivity index (χ0n) is 34.3. The SMILES string of the molecule is CCCCCCCCC=CCCCCCCCCCC(=O)O[C@H](COC(=O)CCCCCCCC=CCCCCCCCC)COP(=O)(O)OCCN. The van der Waals surface area contributed by atoms with Crippen molar-refractivity contribution in [2.75, 3.05) is 26.4 Å². The molecule has 10 heteroatoms. The average molecular weight is 772 g/mol. The van der Waals surface area contributed by atoms with Crippen molar-refractivity contribution in [1.29, 1.82) is 0 Å². The number of phosphoric acid groups is 1. The first-order valence-electron chi connectivity index (χ1n) is 21.8. The summed E-state index contributed by atoms with van der Waals surface area (Å²) in [6.45, 7) is 3.72. The van der Waals surface area contributed by atoms with Crippen molar-refractivity contribution < 1.29 is 37.6 Å². The van der Waals surface area contributed by atoms with Crippen LogP contribution in [0.25, 0.3) is 0 Å².